The van der Waals surface area contributed by atoms with Crippen molar-refractivity contribution in [3.63, 3.8) is 0 Å². The first-order valence-corrected chi connectivity index (χ1v) is 8.18. The SMILES string of the molecule is CCCn1nnnc1CN1CCO[C@@H](c2nc(C(C)C)n[nH]2)C1. The molecule has 1 aliphatic heterocycles. The average Bonchev–Trinajstić information content (AvgIpc) is 3.18. The monoisotopic (exact) mass is 320 g/mol. The van der Waals surface area contributed by atoms with Crippen molar-refractivity contribution in [2.24, 2.45) is 0 Å². The first-order chi connectivity index (χ1) is 11.2. The number of ether oxygens (including phenoxy) is 1. The van der Waals surface area contributed by atoms with Crippen LogP contribution in [0.1, 0.15) is 56.7 Å². The number of aromatic nitrogens is 7. The molecule has 0 spiro atoms. The summed E-state index contributed by atoms with van der Waals surface area (Å²) >= 11 is 0. The van der Waals surface area contributed by atoms with Crippen LogP contribution in [0, 0.1) is 0 Å². The van der Waals surface area contributed by atoms with Crippen LogP contribution < -0.4 is 0 Å². The molecule has 3 rings (SSSR count). The normalized spacial score (nSPS) is 19.6. The third-order valence-corrected chi connectivity index (χ3v) is 3.90. The van der Waals surface area contributed by atoms with Gasteiger partial charge < -0.3 is 4.74 Å². The van der Waals surface area contributed by atoms with Crippen LogP contribution in [0.3, 0.4) is 0 Å². The van der Waals surface area contributed by atoms with Gasteiger partial charge in [0.2, 0.25) is 0 Å². The van der Waals surface area contributed by atoms with E-state index in [4.69, 9.17) is 4.74 Å². The van der Waals surface area contributed by atoms with Gasteiger partial charge in [-0.05, 0) is 16.8 Å². The highest BCUT2D eigenvalue weighted by Gasteiger charge is 2.26. The molecule has 1 aliphatic rings. The molecule has 9 nitrogen and oxygen atoms in total. The molecule has 1 fully saturated rings. The Kier molecular flexibility index (Phi) is 4.97. The first kappa shape index (κ1) is 16.0. The summed E-state index contributed by atoms with van der Waals surface area (Å²) in [5, 5.41) is 19.2. The fourth-order valence-electron chi connectivity index (χ4n) is 2.62. The second-order valence-electron chi connectivity index (χ2n) is 6.15. The number of morpholine rings is 1. The van der Waals surface area contributed by atoms with Crippen molar-refractivity contribution in [1.29, 1.82) is 0 Å². The van der Waals surface area contributed by atoms with Gasteiger partial charge in [-0.3, -0.25) is 10.00 Å². The van der Waals surface area contributed by atoms with E-state index in [2.05, 4.69) is 56.4 Å². The molecule has 1 atom stereocenters. The molecule has 9 heteroatoms. The first-order valence-electron chi connectivity index (χ1n) is 8.18. The Bertz CT molecular complexity index is 622. The number of H-pyrrole nitrogens is 1. The van der Waals surface area contributed by atoms with Crippen molar-refractivity contribution >= 4 is 0 Å². The lowest BCUT2D eigenvalue weighted by Crippen LogP contribution is -2.38. The van der Waals surface area contributed by atoms with E-state index >= 15 is 0 Å². The van der Waals surface area contributed by atoms with Crippen LogP contribution >= 0.6 is 0 Å². The van der Waals surface area contributed by atoms with Crippen molar-refractivity contribution < 1.29 is 4.74 Å². The summed E-state index contributed by atoms with van der Waals surface area (Å²) in [6.07, 6.45) is 0.930. The van der Waals surface area contributed by atoms with Gasteiger partial charge in [0.05, 0.1) is 13.2 Å². The van der Waals surface area contributed by atoms with Crippen LogP contribution in [0.2, 0.25) is 0 Å². The van der Waals surface area contributed by atoms with Gasteiger partial charge in [0.1, 0.15) is 6.10 Å². The van der Waals surface area contributed by atoms with Crippen LogP contribution in [0.15, 0.2) is 0 Å². The summed E-state index contributed by atoms with van der Waals surface area (Å²) in [6, 6.07) is 0. The van der Waals surface area contributed by atoms with Crippen molar-refractivity contribution in [1.82, 2.24) is 40.3 Å². The minimum atomic E-state index is -0.0840. The third-order valence-electron chi connectivity index (χ3n) is 3.90. The van der Waals surface area contributed by atoms with E-state index in [0.29, 0.717) is 12.5 Å². The van der Waals surface area contributed by atoms with Gasteiger partial charge in [0.15, 0.2) is 17.5 Å². The third kappa shape index (κ3) is 3.73. The van der Waals surface area contributed by atoms with Gasteiger partial charge in [0, 0.05) is 25.6 Å². The molecule has 3 heterocycles. The fourth-order valence-corrected chi connectivity index (χ4v) is 2.62. The van der Waals surface area contributed by atoms with Crippen LogP contribution in [-0.4, -0.2) is 60.0 Å². The van der Waals surface area contributed by atoms with E-state index in [1.54, 1.807) is 0 Å². The van der Waals surface area contributed by atoms with E-state index in [1.807, 2.05) is 4.68 Å². The lowest BCUT2D eigenvalue weighted by atomic mass is 10.2. The number of nitrogens with one attached hydrogen (secondary N) is 1. The standard InChI is InChI=1S/C14H24N8O/c1-4-5-22-12(16-19-20-22)9-21-6-7-23-11(8-21)14-15-13(10(2)3)17-18-14/h10-11H,4-9H2,1-3H3,(H,15,17,18)/t11-/m1/s1. The molecule has 0 radical (unpaired) electrons. The van der Waals surface area contributed by atoms with E-state index in [1.165, 1.54) is 0 Å². The van der Waals surface area contributed by atoms with Gasteiger partial charge >= 0.3 is 0 Å². The molecular weight excluding hydrogens is 296 g/mol. The zero-order valence-corrected chi connectivity index (χ0v) is 13.9. The molecule has 0 bridgehead atoms. The van der Waals surface area contributed by atoms with Crippen LogP contribution in [-0.2, 0) is 17.8 Å². The molecule has 23 heavy (non-hydrogen) atoms. The van der Waals surface area contributed by atoms with Gasteiger partial charge in [-0.1, -0.05) is 20.8 Å². The van der Waals surface area contributed by atoms with E-state index in [0.717, 1.165) is 50.1 Å². The topological polar surface area (TPSA) is 97.6 Å². The Morgan fingerprint density at radius 1 is 1.39 bits per heavy atom. The number of hydrogen-bond donors (Lipinski definition) is 1. The van der Waals surface area contributed by atoms with Crippen molar-refractivity contribution in [3.05, 3.63) is 17.5 Å². The smallest absolute Gasteiger partial charge is 0.165 e. The van der Waals surface area contributed by atoms with Gasteiger partial charge in [-0.2, -0.15) is 5.10 Å². The Hall–Kier alpha value is -1.87. The highest BCUT2D eigenvalue weighted by Crippen LogP contribution is 2.21. The Morgan fingerprint density at radius 3 is 3.00 bits per heavy atom. The summed E-state index contributed by atoms with van der Waals surface area (Å²) in [4.78, 5) is 6.84. The fraction of sp³-hybridized carbons (Fsp3) is 0.786. The van der Waals surface area contributed by atoms with Gasteiger partial charge in [-0.15, -0.1) is 5.10 Å². The maximum absolute atomic E-state index is 5.85. The Balaban J connectivity index is 1.64. The van der Waals surface area contributed by atoms with Crippen molar-refractivity contribution in [3.8, 4) is 0 Å². The van der Waals surface area contributed by atoms with Crippen molar-refractivity contribution in [2.45, 2.75) is 52.3 Å². The molecule has 2 aromatic rings. The molecule has 1 N–H and O–H groups in total. The van der Waals surface area contributed by atoms with Crippen LogP contribution in [0.4, 0.5) is 0 Å². The van der Waals surface area contributed by atoms with E-state index in [9.17, 15) is 0 Å². The second-order valence-corrected chi connectivity index (χ2v) is 6.15. The minimum Gasteiger partial charge on any atom is -0.368 e. The molecule has 0 amide bonds. The summed E-state index contributed by atoms with van der Waals surface area (Å²) in [5.41, 5.74) is 0. The predicted molar refractivity (Wildman–Crippen MR) is 82.5 cm³/mol. The summed E-state index contributed by atoms with van der Waals surface area (Å²) in [7, 11) is 0. The number of aryl methyl sites for hydroxylation is 1. The summed E-state index contributed by atoms with van der Waals surface area (Å²) < 4.78 is 7.72. The van der Waals surface area contributed by atoms with Crippen molar-refractivity contribution in [2.75, 3.05) is 19.7 Å². The Labute approximate surface area is 135 Å². The van der Waals surface area contributed by atoms with E-state index in [-0.39, 0.29) is 6.10 Å². The maximum Gasteiger partial charge on any atom is 0.165 e. The largest absolute Gasteiger partial charge is 0.368 e. The zero-order valence-electron chi connectivity index (χ0n) is 13.9. The molecule has 1 saturated heterocycles. The number of aromatic amines is 1. The number of hydrogen-bond acceptors (Lipinski definition) is 7. The summed E-state index contributed by atoms with van der Waals surface area (Å²) in [6.45, 7) is 10.1. The second kappa shape index (κ2) is 7.14. The highest BCUT2D eigenvalue weighted by atomic mass is 16.5. The number of rotatable bonds is 6. The molecular formula is C14H24N8O. The number of tetrazole rings is 1. The predicted octanol–water partition coefficient (Wildman–Crippen LogP) is 0.898. The average molecular weight is 320 g/mol. The zero-order chi connectivity index (χ0) is 16.2. The lowest BCUT2D eigenvalue weighted by molar-refractivity contribution is -0.0381. The molecule has 0 aromatic carbocycles. The quantitative estimate of drug-likeness (QED) is 0.844. The minimum absolute atomic E-state index is 0.0840. The molecule has 126 valence electrons. The maximum atomic E-state index is 5.85. The molecule has 0 unspecified atom stereocenters. The van der Waals surface area contributed by atoms with Crippen LogP contribution in [0.5, 0.6) is 0 Å². The van der Waals surface area contributed by atoms with Gasteiger partial charge in [-0.25, -0.2) is 9.67 Å². The van der Waals surface area contributed by atoms with Crippen LogP contribution in [0.25, 0.3) is 0 Å². The molecule has 0 saturated carbocycles. The Morgan fingerprint density at radius 2 is 2.26 bits per heavy atom. The van der Waals surface area contributed by atoms with Gasteiger partial charge in [0.25, 0.3) is 0 Å². The van der Waals surface area contributed by atoms with E-state index < -0.39 is 0 Å². The number of nitrogens with zero attached hydrogens (tertiary/aromatic N) is 7. The molecule has 0 aliphatic carbocycles. The highest BCUT2D eigenvalue weighted by molar-refractivity contribution is 4.99. The summed E-state index contributed by atoms with van der Waals surface area (Å²) in [5.74, 6) is 2.82. The molecule has 2 aromatic heterocycles. The lowest BCUT2D eigenvalue weighted by Gasteiger charge is -2.31.